The number of hydrogen-bond acceptors (Lipinski definition) is 7. The molecule has 7 heteroatoms. The van der Waals surface area contributed by atoms with E-state index >= 15 is 0 Å². The molecule has 3 aromatic rings. The van der Waals surface area contributed by atoms with Gasteiger partial charge in [-0.05, 0) is 55.1 Å². The van der Waals surface area contributed by atoms with Crippen LogP contribution in [-0.2, 0) is 22.5 Å². The van der Waals surface area contributed by atoms with E-state index < -0.39 is 0 Å². The third-order valence-electron chi connectivity index (χ3n) is 4.24. The van der Waals surface area contributed by atoms with Gasteiger partial charge in [-0.15, -0.1) is 0 Å². The monoisotopic (exact) mass is 410 g/mol. The van der Waals surface area contributed by atoms with Gasteiger partial charge in [0.2, 0.25) is 0 Å². The first-order valence-corrected chi connectivity index (χ1v) is 10.6. The first-order valence-electron chi connectivity index (χ1n) is 9.83. The zero-order valence-electron chi connectivity index (χ0n) is 16.8. The van der Waals surface area contributed by atoms with E-state index in [4.69, 9.17) is 4.74 Å². The standard InChI is InChI=1S/C22H26N4O2S/c1-3-7-16-10-12-17(13-11-16)29-24-14-20-25-19-9-6-5-8-18(19)22(26-20)23-15-21(27)28-4-2/h5-6,8-13,24H,3-4,7,14-15H2,1-2H3,(H,23,25,26). The molecule has 0 amide bonds. The summed E-state index contributed by atoms with van der Waals surface area (Å²) in [5.41, 5.74) is 2.19. The molecule has 0 saturated heterocycles. The lowest BCUT2D eigenvalue weighted by atomic mass is 10.1. The van der Waals surface area contributed by atoms with E-state index in [1.807, 2.05) is 24.3 Å². The van der Waals surface area contributed by atoms with Crippen LogP contribution in [0.2, 0.25) is 0 Å². The van der Waals surface area contributed by atoms with E-state index in [1.54, 1.807) is 18.9 Å². The number of hydrogen-bond donors (Lipinski definition) is 2. The molecule has 152 valence electrons. The second-order valence-corrected chi connectivity index (χ2v) is 7.45. The molecule has 0 spiro atoms. The van der Waals surface area contributed by atoms with E-state index in [2.05, 4.69) is 51.2 Å². The van der Waals surface area contributed by atoms with Gasteiger partial charge in [-0.25, -0.2) is 9.97 Å². The van der Waals surface area contributed by atoms with Gasteiger partial charge in [-0.2, -0.15) is 0 Å². The number of para-hydroxylation sites is 1. The van der Waals surface area contributed by atoms with Crippen LogP contribution in [0.1, 0.15) is 31.7 Å². The number of aromatic nitrogens is 2. The number of carbonyl (C=O) groups excluding carboxylic acids is 1. The number of rotatable bonds is 10. The van der Waals surface area contributed by atoms with E-state index in [0.29, 0.717) is 24.8 Å². The molecule has 1 aromatic heterocycles. The predicted molar refractivity (Wildman–Crippen MR) is 118 cm³/mol. The fraction of sp³-hybridized carbons (Fsp3) is 0.318. The fourth-order valence-electron chi connectivity index (χ4n) is 2.90. The van der Waals surface area contributed by atoms with Crippen molar-refractivity contribution in [3.63, 3.8) is 0 Å². The Hall–Kier alpha value is -2.64. The van der Waals surface area contributed by atoms with Gasteiger partial charge in [0.1, 0.15) is 18.2 Å². The molecule has 0 saturated carbocycles. The van der Waals surface area contributed by atoms with Gasteiger partial charge in [0.05, 0.1) is 18.7 Å². The Morgan fingerprint density at radius 2 is 1.86 bits per heavy atom. The molecule has 0 aliphatic carbocycles. The van der Waals surface area contributed by atoms with Crippen molar-refractivity contribution < 1.29 is 9.53 Å². The van der Waals surface area contributed by atoms with Crippen LogP contribution in [0.4, 0.5) is 5.82 Å². The largest absolute Gasteiger partial charge is 0.465 e. The maximum atomic E-state index is 11.7. The highest BCUT2D eigenvalue weighted by Gasteiger charge is 2.09. The van der Waals surface area contributed by atoms with Gasteiger partial charge in [0, 0.05) is 10.3 Å². The first-order chi connectivity index (χ1) is 14.2. The molecular formula is C22H26N4O2S. The number of nitrogens with zero attached hydrogens (tertiary/aromatic N) is 2. The molecule has 0 radical (unpaired) electrons. The van der Waals surface area contributed by atoms with Crippen molar-refractivity contribution in [3.8, 4) is 0 Å². The number of fused-ring (bicyclic) bond motifs is 1. The summed E-state index contributed by atoms with van der Waals surface area (Å²) in [6.07, 6.45) is 2.25. The minimum atomic E-state index is -0.308. The minimum absolute atomic E-state index is 0.0700. The molecule has 0 bridgehead atoms. The van der Waals surface area contributed by atoms with Crippen molar-refractivity contribution in [1.29, 1.82) is 0 Å². The topological polar surface area (TPSA) is 76.1 Å². The summed E-state index contributed by atoms with van der Waals surface area (Å²) in [4.78, 5) is 22.1. The third kappa shape index (κ3) is 6.17. The Bertz CT molecular complexity index is 947. The maximum absolute atomic E-state index is 11.7. The average Bonchev–Trinajstić information content (AvgIpc) is 2.74. The molecule has 0 unspecified atom stereocenters. The summed E-state index contributed by atoms with van der Waals surface area (Å²) in [7, 11) is 0. The SMILES string of the molecule is CCCc1ccc(SNCc2nc(NCC(=O)OCC)c3ccccc3n2)cc1. The number of nitrogens with one attached hydrogen (secondary N) is 2. The number of esters is 1. The zero-order valence-corrected chi connectivity index (χ0v) is 17.6. The summed E-state index contributed by atoms with van der Waals surface area (Å²) >= 11 is 1.55. The molecule has 3 rings (SSSR count). The zero-order chi connectivity index (χ0) is 20.5. The second-order valence-electron chi connectivity index (χ2n) is 6.48. The van der Waals surface area contributed by atoms with Crippen LogP contribution in [0.5, 0.6) is 0 Å². The smallest absolute Gasteiger partial charge is 0.325 e. The van der Waals surface area contributed by atoms with Crippen molar-refractivity contribution in [2.75, 3.05) is 18.5 Å². The van der Waals surface area contributed by atoms with Gasteiger partial charge >= 0.3 is 5.97 Å². The molecule has 0 aliphatic heterocycles. The van der Waals surface area contributed by atoms with Crippen LogP contribution in [0.25, 0.3) is 10.9 Å². The Morgan fingerprint density at radius 1 is 1.07 bits per heavy atom. The molecular weight excluding hydrogens is 384 g/mol. The van der Waals surface area contributed by atoms with Crippen LogP contribution in [0, 0.1) is 0 Å². The van der Waals surface area contributed by atoms with E-state index in [0.717, 1.165) is 28.6 Å². The molecule has 6 nitrogen and oxygen atoms in total. The van der Waals surface area contributed by atoms with Gasteiger partial charge in [-0.3, -0.25) is 9.52 Å². The quantitative estimate of drug-likeness (QED) is 0.380. The number of ether oxygens (including phenoxy) is 1. The van der Waals surface area contributed by atoms with Crippen molar-refractivity contribution in [2.24, 2.45) is 0 Å². The molecule has 2 aromatic carbocycles. The number of aryl methyl sites for hydroxylation is 1. The summed E-state index contributed by atoms with van der Waals surface area (Å²) in [6, 6.07) is 16.3. The summed E-state index contributed by atoms with van der Waals surface area (Å²) in [5, 5.41) is 3.95. The van der Waals surface area contributed by atoms with Crippen LogP contribution in [0.15, 0.2) is 53.4 Å². The van der Waals surface area contributed by atoms with Crippen LogP contribution in [0.3, 0.4) is 0 Å². The fourth-order valence-corrected chi connectivity index (χ4v) is 3.54. The van der Waals surface area contributed by atoms with E-state index in [1.165, 1.54) is 5.56 Å². The van der Waals surface area contributed by atoms with Gasteiger partial charge in [-0.1, -0.05) is 37.6 Å². The second kappa shape index (κ2) is 10.8. The molecule has 2 N–H and O–H groups in total. The van der Waals surface area contributed by atoms with Crippen LogP contribution in [-0.4, -0.2) is 29.1 Å². The Morgan fingerprint density at radius 3 is 2.62 bits per heavy atom. The summed E-state index contributed by atoms with van der Waals surface area (Å²) in [6.45, 7) is 4.90. The number of carbonyl (C=O) groups is 1. The number of benzene rings is 2. The highest BCUT2D eigenvalue weighted by molar-refractivity contribution is 7.97. The lowest BCUT2D eigenvalue weighted by Gasteiger charge is -2.11. The lowest BCUT2D eigenvalue weighted by molar-refractivity contribution is -0.140. The van der Waals surface area contributed by atoms with Gasteiger partial charge in [0.25, 0.3) is 0 Å². The van der Waals surface area contributed by atoms with E-state index in [-0.39, 0.29) is 12.5 Å². The Balaban J connectivity index is 1.66. The normalized spacial score (nSPS) is 10.8. The lowest BCUT2D eigenvalue weighted by Crippen LogP contribution is -2.18. The highest BCUT2D eigenvalue weighted by Crippen LogP contribution is 2.21. The molecule has 0 atom stereocenters. The van der Waals surface area contributed by atoms with E-state index in [9.17, 15) is 4.79 Å². The first kappa shape index (κ1) is 21.1. The van der Waals surface area contributed by atoms with Crippen molar-refractivity contribution in [1.82, 2.24) is 14.7 Å². The van der Waals surface area contributed by atoms with Gasteiger partial charge < -0.3 is 10.1 Å². The van der Waals surface area contributed by atoms with Crippen molar-refractivity contribution >= 4 is 34.6 Å². The van der Waals surface area contributed by atoms with Crippen molar-refractivity contribution in [2.45, 2.75) is 38.1 Å². The van der Waals surface area contributed by atoms with Gasteiger partial charge in [0.15, 0.2) is 0 Å². The average molecular weight is 411 g/mol. The highest BCUT2D eigenvalue weighted by atomic mass is 32.2. The Kier molecular flexibility index (Phi) is 7.84. The Labute approximate surface area is 175 Å². The van der Waals surface area contributed by atoms with Crippen LogP contribution >= 0.6 is 11.9 Å². The molecule has 1 heterocycles. The summed E-state index contributed by atoms with van der Waals surface area (Å²) in [5.74, 6) is 0.983. The molecule has 0 aliphatic rings. The predicted octanol–water partition coefficient (Wildman–Crippen LogP) is 4.35. The van der Waals surface area contributed by atoms with Crippen LogP contribution < -0.4 is 10.0 Å². The molecule has 0 fully saturated rings. The number of anilines is 1. The third-order valence-corrected chi connectivity index (χ3v) is 5.03. The maximum Gasteiger partial charge on any atom is 0.325 e. The summed E-state index contributed by atoms with van der Waals surface area (Å²) < 4.78 is 8.30. The molecule has 29 heavy (non-hydrogen) atoms. The minimum Gasteiger partial charge on any atom is -0.465 e. The van der Waals surface area contributed by atoms with Crippen molar-refractivity contribution in [3.05, 3.63) is 59.9 Å².